The minimum Gasteiger partial charge on any atom is -0.443 e. The number of fused-ring (bicyclic) bond motifs is 1. The number of carbonyl (C=O) groups excluding carboxylic acids is 1. The van der Waals surface area contributed by atoms with Gasteiger partial charge in [-0.05, 0) is 44.9 Å². The Labute approximate surface area is 236 Å². The number of nitrogens with one attached hydrogen (secondary N) is 1. The number of aromatic nitrogens is 4. The summed E-state index contributed by atoms with van der Waals surface area (Å²) in [6.45, 7) is 2.84. The van der Waals surface area contributed by atoms with Crippen LogP contribution in [0.4, 0.5) is 13.2 Å². The van der Waals surface area contributed by atoms with Gasteiger partial charge in [0.05, 0.1) is 11.1 Å². The number of pyridine rings is 2. The monoisotopic (exact) mass is 606 g/mol. The summed E-state index contributed by atoms with van der Waals surface area (Å²) in [7, 11) is -4.19. The zero-order chi connectivity index (χ0) is 30.4. The van der Waals surface area contributed by atoms with Crippen LogP contribution in [0, 0.1) is 0 Å². The summed E-state index contributed by atoms with van der Waals surface area (Å²) >= 11 is 0. The molecule has 16 heteroatoms. The van der Waals surface area contributed by atoms with E-state index in [1.807, 2.05) is 0 Å². The molecule has 4 aromatic rings. The highest BCUT2D eigenvalue weighted by molar-refractivity contribution is 7.89. The van der Waals surface area contributed by atoms with Crippen LogP contribution in [-0.4, -0.2) is 50.3 Å². The Morgan fingerprint density at radius 3 is 2.60 bits per heavy atom. The first kappa shape index (κ1) is 29.2. The van der Waals surface area contributed by atoms with E-state index in [-0.39, 0.29) is 36.0 Å². The fraction of sp³-hybridized carbons (Fsp3) is 0.346. The lowest BCUT2D eigenvalue weighted by atomic mass is 10.2. The second kappa shape index (κ2) is 10.8. The molecule has 4 aromatic heterocycles. The smallest absolute Gasteiger partial charge is 0.417 e. The number of sulfonamides is 1. The van der Waals surface area contributed by atoms with Crippen molar-refractivity contribution in [1.29, 1.82) is 0 Å². The second-order valence-electron chi connectivity index (χ2n) is 9.95. The van der Waals surface area contributed by atoms with E-state index >= 15 is 0 Å². The van der Waals surface area contributed by atoms with Gasteiger partial charge in [0, 0.05) is 55.4 Å². The van der Waals surface area contributed by atoms with E-state index in [2.05, 4.69) is 15.3 Å². The van der Waals surface area contributed by atoms with Crippen LogP contribution >= 0.6 is 0 Å². The van der Waals surface area contributed by atoms with Gasteiger partial charge in [0.15, 0.2) is 0 Å². The molecule has 1 atom stereocenters. The first-order chi connectivity index (χ1) is 19.8. The number of rotatable bonds is 7. The van der Waals surface area contributed by atoms with Crippen LogP contribution in [0.15, 0.2) is 68.2 Å². The molecule has 1 aliphatic heterocycles. The van der Waals surface area contributed by atoms with Crippen LogP contribution in [0.25, 0.3) is 16.8 Å². The predicted molar refractivity (Wildman–Crippen MR) is 142 cm³/mol. The molecule has 0 spiro atoms. The SMILES string of the molecule is CC(C)n1c(=O)c(CNC(=O)C2CCCN2S(=O)(=O)c2cc3cnccc3o2)cn(-c2ccc(C(F)(F)F)cn2)c1=O. The number of hydrogen-bond donors (Lipinski definition) is 1. The van der Waals surface area contributed by atoms with Gasteiger partial charge in [-0.15, -0.1) is 0 Å². The summed E-state index contributed by atoms with van der Waals surface area (Å²) in [5.74, 6) is -0.834. The van der Waals surface area contributed by atoms with Crippen molar-refractivity contribution < 1.29 is 30.8 Å². The van der Waals surface area contributed by atoms with Crippen molar-refractivity contribution in [2.45, 2.75) is 56.6 Å². The third kappa shape index (κ3) is 5.34. The number of furan rings is 1. The predicted octanol–water partition coefficient (Wildman–Crippen LogP) is 2.60. The van der Waals surface area contributed by atoms with E-state index in [1.165, 1.54) is 24.5 Å². The normalized spacial score (nSPS) is 16.4. The second-order valence-corrected chi connectivity index (χ2v) is 11.8. The van der Waals surface area contributed by atoms with Gasteiger partial charge in [-0.3, -0.25) is 23.7 Å². The van der Waals surface area contributed by atoms with Gasteiger partial charge in [-0.1, -0.05) is 0 Å². The fourth-order valence-corrected chi connectivity index (χ4v) is 6.36. The molecule has 0 bridgehead atoms. The number of carbonyl (C=O) groups is 1. The summed E-state index contributed by atoms with van der Waals surface area (Å²) in [6, 6.07) is 2.89. The van der Waals surface area contributed by atoms with Gasteiger partial charge in [0.25, 0.3) is 15.6 Å². The van der Waals surface area contributed by atoms with Crippen LogP contribution in [0.1, 0.15) is 43.9 Å². The van der Waals surface area contributed by atoms with E-state index in [0.717, 1.165) is 31.8 Å². The van der Waals surface area contributed by atoms with Gasteiger partial charge in [-0.25, -0.2) is 18.2 Å². The summed E-state index contributed by atoms with van der Waals surface area (Å²) < 4.78 is 74.0. The lowest BCUT2D eigenvalue weighted by molar-refractivity contribution is -0.137. The van der Waals surface area contributed by atoms with Crippen molar-refractivity contribution in [2.24, 2.45) is 0 Å². The Kier molecular flexibility index (Phi) is 7.53. The van der Waals surface area contributed by atoms with E-state index in [9.17, 15) is 36.0 Å². The lowest BCUT2D eigenvalue weighted by Gasteiger charge is -2.22. The van der Waals surface area contributed by atoms with Crippen molar-refractivity contribution in [3.63, 3.8) is 0 Å². The zero-order valence-electron chi connectivity index (χ0n) is 22.3. The Hall–Kier alpha value is -4.31. The van der Waals surface area contributed by atoms with Crippen LogP contribution in [0.3, 0.4) is 0 Å². The molecule has 0 radical (unpaired) electrons. The van der Waals surface area contributed by atoms with Gasteiger partial charge in [0.2, 0.25) is 11.0 Å². The van der Waals surface area contributed by atoms with E-state index in [0.29, 0.717) is 23.6 Å². The molecular formula is C26H25F3N6O6S. The summed E-state index contributed by atoms with van der Waals surface area (Å²) in [5, 5.41) is 2.72. The average Bonchev–Trinajstić information content (AvgIpc) is 3.61. The van der Waals surface area contributed by atoms with E-state index in [1.54, 1.807) is 13.8 Å². The van der Waals surface area contributed by atoms with Gasteiger partial charge in [-0.2, -0.15) is 17.5 Å². The summed E-state index contributed by atoms with van der Waals surface area (Å²) in [5.41, 5.74) is -2.30. The van der Waals surface area contributed by atoms with E-state index < -0.39 is 51.0 Å². The Morgan fingerprint density at radius 2 is 1.95 bits per heavy atom. The molecule has 1 unspecified atom stereocenters. The van der Waals surface area contributed by atoms with Crippen molar-refractivity contribution in [3.05, 3.63) is 81.0 Å². The molecule has 222 valence electrons. The molecule has 0 aliphatic carbocycles. The third-order valence-electron chi connectivity index (χ3n) is 6.85. The molecule has 0 saturated carbocycles. The van der Waals surface area contributed by atoms with Crippen molar-refractivity contribution in [1.82, 2.24) is 28.7 Å². The summed E-state index contributed by atoms with van der Waals surface area (Å²) in [6.07, 6.45) is 0.578. The quantitative estimate of drug-likeness (QED) is 0.338. The molecule has 1 aliphatic rings. The molecular weight excluding hydrogens is 581 g/mol. The number of alkyl halides is 3. The molecule has 42 heavy (non-hydrogen) atoms. The first-order valence-corrected chi connectivity index (χ1v) is 14.3. The summed E-state index contributed by atoms with van der Waals surface area (Å²) in [4.78, 5) is 47.1. The highest BCUT2D eigenvalue weighted by Crippen LogP contribution is 2.30. The Bertz CT molecular complexity index is 1850. The number of nitrogens with zero attached hydrogens (tertiary/aromatic N) is 5. The largest absolute Gasteiger partial charge is 0.443 e. The maximum absolute atomic E-state index is 13.4. The van der Waals surface area contributed by atoms with Crippen molar-refractivity contribution >= 4 is 26.9 Å². The number of amides is 1. The number of hydrogen-bond acceptors (Lipinski definition) is 8. The fourth-order valence-electron chi connectivity index (χ4n) is 4.75. The molecule has 1 amide bonds. The minimum absolute atomic E-state index is 0.0597. The van der Waals surface area contributed by atoms with E-state index in [4.69, 9.17) is 4.42 Å². The van der Waals surface area contributed by atoms with Gasteiger partial charge < -0.3 is 9.73 Å². The molecule has 5 heterocycles. The Morgan fingerprint density at radius 1 is 1.19 bits per heavy atom. The lowest BCUT2D eigenvalue weighted by Crippen LogP contribution is -2.47. The maximum atomic E-state index is 13.4. The van der Waals surface area contributed by atoms with Crippen LogP contribution < -0.4 is 16.6 Å². The molecule has 12 nitrogen and oxygen atoms in total. The molecule has 1 saturated heterocycles. The molecule has 5 rings (SSSR count). The minimum atomic E-state index is -4.63. The molecule has 1 fully saturated rings. The van der Waals surface area contributed by atoms with Gasteiger partial charge >= 0.3 is 11.9 Å². The van der Waals surface area contributed by atoms with Crippen LogP contribution in [0.5, 0.6) is 0 Å². The first-order valence-electron chi connectivity index (χ1n) is 12.8. The molecule has 0 aromatic carbocycles. The standard InChI is InChI=1S/C26H25F3N6O6S/c1-15(2)35-24(37)17(14-33(25(35)38)21-6-5-18(13-31-21)26(27,28)29)12-32-23(36)19-4-3-9-34(19)42(39,40)22-10-16-11-30-8-7-20(16)41-22/h5-8,10-11,13-15,19H,3-4,9,12H2,1-2H3,(H,32,36). The highest BCUT2D eigenvalue weighted by atomic mass is 32.2. The van der Waals surface area contributed by atoms with Gasteiger partial charge in [0.1, 0.15) is 17.4 Å². The van der Waals surface area contributed by atoms with Crippen molar-refractivity contribution in [2.75, 3.05) is 6.54 Å². The highest BCUT2D eigenvalue weighted by Gasteiger charge is 2.41. The number of halogens is 3. The van der Waals surface area contributed by atoms with Crippen LogP contribution in [0.2, 0.25) is 0 Å². The Balaban J connectivity index is 1.41. The topological polar surface area (TPSA) is 149 Å². The maximum Gasteiger partial charge on any atom is 0.417 e. The average molecular weight is 607 g/mol. The zero-order valence-corrected chi connectivity index (χ0v) is 23.1. The molecule has 1 N–H and O–H groups in total. The third-order valence-corrected chi connectivity index (χ3v) is 8.61. The van der Waals surface area contributed by atoms with Crippen LogP contribution in [-0.2, 0) is 27.5 Å². The van der Waals surface area contributed by atoms with Crippen molar-refractivity contribution in [3.8, 4) is 5.82 Å².